The number of ether oxygens (including phenoxy) is 1. The summed E-state index contributed by atoms with van der Waals surface area (Å²) in [6.45, 7) is 4.76. The number of carbonyl (C=O) groups excluding carboxylic acids is 1. The standard InChI is InChI=1S/C21H29NO2/c1-2-19-13-8-14-22(19)15-16-24-21(23)20(18-11-6-7-12-18)17-9-4-3-5-10-17/h3-6,9-11,18-20H,2,7-8,12-16H2,1H3/t18-,19-,20-/m0/s1. The molecular weight excluding hydrogens is 298 g/mol. The van der Waals surface area contributed by atoms with Crippen molar-refractivity contribution in [3.8, 4) is 0 Å². The van der Waals surface area contributed by atoms with Crippen molar-refractivity contribution in [3.05, 3.63) is 48.0 Å². The number of hydrogen-bond acceptors (Lipinski definition) is 3. The lowest BCUT2D eigenvalue weighted by Gasteiger charge is -2.25. The average molecular weight is 327 g/mol. The molecule has 3 nitrogen and oxygen atoms in total. The maximum absolute atomic E-state index is 12.8. The first-order valence-electron chi connectivity index (χ1n) is 9.42. The molecule has 3 heteroatoms. The fourth-order valence-electron chi connectivity index (χ4n) is 4.16. The van der Waals surface area contributed by atoms with Gasteiger partial charge >= 0.3 is 5.97 Å². The molecule has 0 saturated carbocycles. The van der Waals surface area contributed by atoms with Crippen LogP contribution in [0.3, 0.4) is 0 Å². The van der Waals surface area contributed by atoms with Crippen molar-refractivity contribution >= 4 is 5.97 Å². The zero-order valence-corrected chi connectivity index (χ0v) is 14.7. The number of likely N-dealkylation sites (tertiary alicyclic amines) is 1. The summed E-state index contributed by atoms with van der Waals surface area (Å²) in [4.78, 5) is 15.3. The van der Waals surface area contributed by atoms with Crippen molar-refractivity contribution in [1.82, 2.24) is 4.90 Å². The second-order valence-corrected chi connectivity index (χ2v) is 6.97. The van der Waals surface area contributed by atoms with Crippen LogP contribution in [0.25, 0.3) is 0 Å². The molecule has 1 heterocycles. The third-order valence-corrected chi connectivity index (χ3v) is 5.48. The molecule has 0 aromatic heterocycles. The highest BCUT2D eigenvalue weighted by Crippen LogP contribution is 2.34. The van der Waals surface area contributed by atoms with E-state index in [0.29, 0.717) is 12.6 Å². The van der Waals surface area contributed by atoms with Crippen LogP contribution in [0.15, 0.2) is 42.5 Å². The van der Waals surface area contributed by atoms with Gasteiger partial charge in [-0.1, -0.05) is 49.4 Å². The van der Waals surface area contributed by atoms with Crippen LogP contribution in [-0.4, -0.2) is 36.6 Å². The molecule has 1 fully saturated rings. The van der Waals surface area contributed by atoms with Gasteiger partial charge in [-0.05, 0) is 50.1 Å². The van der Waals surface area contributed by atoms with Gasteiger partial charge in [0, 0.05) is 12.6 Å². The highest BCUT2D eigenvalue weighted by molar-refractivity contribution is 5.79. The predicted octanol–water partition coefficient (Wildman–Crippen LogP) is 4.15. The number of nitrogens with zero attached hydrogens (tertiary/aromatic N) is 1. The van der Waals surface area contributed by atoms with Gasteiger partial charge in [0.2, 0.25) is 0 Å². The van der Waals surface area contributed by atoms with Gasteiger partial charge in [0.05, 0.1) is 5.92 Å². The van der Waals surface area contributed by atoms with Crippen molar-refractivity contribution in [3.63, 3.8) is 0 Å². The smallest absolute Gasteiger partial charge is 0.314 e. The number of esters is 1. The number of rotatable bonds is 7. The van der Waals surface area contributed by atoms with Crippen LogP contribution in [0.1, 0.15) is 50.5 Å². The SMILES string of the molecule is CC[C@H]1CCCN1CCOC(=O)[C@@H](c1ccccc1)[C@H]1C=CCC1. The third-order valence-electron chi connectivity index (χ3n) is 5.48. The predicted molar refractivity (Wildman–Crippen MR) is 96.9 cm³/mol. The molecule has 3 rings (SSSR count). The number of hydrogen-bond donors (Lipinski definition) is 0. The molecule has 0 unspecified atom stereocenters. The summed E-state index contributed by atoms with van der Waals surface area (Å²) >= 11 is 0. The first-order chi connectivity index (χ1) is 11.8. The molecule has 3 atom stereocenters. The van der Waals surface area contributed by atoms with E-state index in [0.717, 1.165) is 31.5 Å². The van der Waals surface area contributed by atoms with Crippen LogP contribution < -0.4 is 0 Å². The lowest BCUT2D eigenvalue weighted by molar-refractivity contribution is -0.147. The molecule has 1 aliphatic heterocycles. The number of carbonyl (C=O) groups is 1. The zero-order chi connectivity index (χ0) is 16.8. The van der Waals surface area contributed by atoms with E-state index in [-0.39, 0.29) is 17.8 Å². The first kappa shape index (κ1) is 17.2. The number of allylic oxidation sites excluding steroid dienone is 2. The second kappa shape index (κ2) is 8.48. The minimum atomic E-state index is -0.162. The van der Waals surface area contributed by atoms with E-state index in [1.807, 2.05) is 30.3 Å². The summed E-state index contributed by atoms with van der Waals surface area (Å²) in [5.41, 5.74) is 1.08. The summed E-state index contributed by atoms with van der Waals surface area (Å²) in [5, 5.41) is 0. The van der Waals surface area contributed by atoms with Crippen LogP contribution in [0, 0.1) is 5.92 Å². The van der Waals surface area contributed by atoms with Gasteiger partial charge in [-0.3, -0.25) is 9.69 Å². The monoisotopic (exact) mass is 327 g/mol. The highest BCUT2D eigenvalue weighted by Gasteiger charge is 2.31. The largest absolute Gasteiger partial charge is 0.464 e. The van der Waals surface area contributed by atoms with Crippen LogP contribution in [-0.2, 0) is 9.53 Å². The third kappa shape index (κ3) is 4.07. The van der Waals surface area contributed by atoms with Crippen molar-refractivity contribution in [2.75, 3.05) is 19.7 Å². The van der Waals surface area contributed by atoms with Crippen molar-refractivity contribution in [1.29, 1.82) is 0 Å². The molecular formula is C21H29NO2. The van der Waals surface area contributed by atoms with E-state index in [1.165, 1.54) is 19.3 Å². The molecule has 2 aliphatic rings. The van der Waals surface area contributed by atoms with Gasteiger partial charge in [0.1, 0.15) is 6.61 Å². The minimum Gasteiger partial charge on any atom is -0.464 e. The Morgan fingerprint density at radius 2 is 2.12 bits per heavy atom. The van der Waals surface area contributed by atoms with Gasteiger partial charge < -0.3 is 4.74 Å². The average Bonchev–Trinajstić information content (AvgIpc) is 3.28. The molecule has 0 spiro atoms. The molecule has 130 valence electrons. The van der Waals surface area contributed by atoms with E-state index in [2.05, 4.69) is 24.0 Å². The van der Waals surface area contributed by atoms with Gasteiger partial charge in [-0.2, -0.15) is 0 Å². The zero-order valence-electron chi connectivity index (χ0n) is 14.7. The summed E-state index contributed by atoms with van der Waals surface area (Å²) in [5.74, 6) is 0.0468. The Hall–Kier alpha value is -1.61. The van der Waals surface area contributed by atoms with Crippen LogP contribution in [0.4, 0.5) is 0 Å². The van der Waals surface area contributed by atoms with Crippen LogP contribution in [0.5, 0.6) is 0 Å². The summed E-state index contributed by atoms with van der Waals surface area (Å²) < 4.78 is 5.71. The molecule has 24 heavy (non-hydrogen) atoms. The Balaban J connectivity index is 1.58. The Bertz CT molecular complexity index is 554. The molecule has 0 N–H and O–H groups in total. The molecule has 1 aromatic rings. The quantitative estimate of drug-likeness (QED) is 0.556. The maximum Gasteiger partial charge on any atom is 0.314 e. The summed E-state index contributed by atoms with van der Waals surface area (Å²) in [7, 11) is 0. The lowest BCUT2D eigenvalue weighted by Crippen LogP contribution is -2.33. The fourth-order valence-corrected chi connectivity index (χ4v) is 4.16. The van der Waals surface area contributed by atoms with Gasteiger partial charge in [-0.25, -0.2) is 0 Å². The van der Waals surface area contributed by atoms with E-state index in [1.54, 1.807) is 0 Å². The Morgan fingerprint density at radius 3 is 2.83 bits per heavy atom. The van der Waals surface area contributed by atoms with Gasteiger partial charge in [-0.15, -0.1) is 0 Å². The second-order valence-electron chi connectivity index (χ2n) is 6.97. The van der Waals surface area contributed by atoms with Crippen LogP contribution in [0.2, 0.25) is 0 Å². The molecule has 1 saturated heterocycles. The Kier molecular flexibility index (Phi) is 6.08. The molecule has 0 amide bonds. The molecule has 0 radical (unpaired) electrons. The van der Waals surface area contributed by atoms with Gasteiger partial charge in [0.25, 0.3) is 0 Å². The van der Waals surface area contributed by atoms with Crippen molar-refractivity contribution in [2.24, 2.45) is 5.92 Å². The normalized spacial score (nSPS) is 25.0. The van der Waals surface area contributed by atoms with Crippen LogP contribution >= 0.6 is 0 Å². The Morgan fingerprint density at radius 1 is 1.29 bits per heavy atom. The van der Waals surface area contributed by atoms with E-state index < -0.39 is 0 Å². The molecule has 1 aliphatic carbocycles. The van der Waals surface area contributed by atoms with E-state index >= 15 is 0 Å². The maximum atomic E-state index is 12.8. The van der Waals surface area contributed by atoms with E-state index in [9.17, 15) is 4.79 Å². The first-order valence-corrected chi connectivity index (χ1v) is 9.42. The van der Waals surface area contributed by atoms with Gasteiger partial charge in [0.15, 0.2) is 0 Å². The topological polar surface area (TPSA) is 29.5 Å². The molecule has 0 bridgehead atoms. The molecule has 1 aromatic carbocycles. The fraction of sp³-hybridized carbons (Fsp3) is 0.571. The Labute approximate surface area is 145 Å². The van der Waals surface area contributed by atoms with E-state index in [4.69, 9.17) is 4.74 Å². The summed E-state index contributed by atoms with van der Waals surface area (Å²) in [6, 6.07) is 10.8. The van der Waals surface area contributed by atoms with Crippen molar-refractivity contribution in [2.45, 2.75) is 51.0 Å². The summed E-state index contributed by atoms with van der Waals surface area (Å²) in [6.07, 6.45) is 10.2. The minimum absolute atomic E-state index is 0.0648. The highest BCUT2D eigenvalue weighted by atomic mass is 16.5. The number of benzene rings is 1. The van der Waals surface area contributed by atoms with Crippen molar-refractivity contribution < 1.29 is 9.53 Å². The lowest BCUT2D eigenvalue weighted by atomic mass is 9.85.